The summed E-state index contributed by atoms with van der Waals surface area (Å²) in [5, 5.41) is 23.3. The van der Waals surface area contributed by atoms with Crippen molar-refractivity contribution in [1.29, 1.82) is 5.26 Å². The molecule has 2 aliphatic rings. The molecule has 2 aromatic heterocycles. The highest BCUT2D eigenvalue weighted by atomic mass is 16.6. The second kappa shape index (κ2) is 10.0. The van der Waals surface area contributed by atoms with Gasteiger partial charge in [0.15, 0.2) is 22.9 Å². The van der Waals surface area contributed by atoms with E-state index in [0.29, 0.717) is 56.3 Å². The summed E-state index contributed by atoms with van der Waals surface area (Å²) in [6, 6.07) is 4.88. The van der Waals surface area contributed by atoms with E-state index in [-0.39, 0.29) is 11.4 Å². The first-order chi connectivity index (χ1) is 14.2. The first-order valence-electron chi connectivity index (χ1n) is 9.05. The number of carbonyl (C=O) groups is 1. The third kappa shape index (κ3) is 5.41. The Hall–Kier alpha value is -3.68. The standard InChI is InChI=1S/C11H14N2O4.C7H5N3O2/c1-2-3-4-17-11(14)8-7-9-10(13-12-8)16-6-5-15-9;8-4-5-3-6-7(10-9-5)12-2-1-11-6/h7H,2-6H2,1H3;3H,1-2H2. The molecule has 11 heteroatoms. The first kappa shape index (κ1) is 20.1. The highest BCUT2D eigenvalue weighted by Crippen LogP contribution is 2.27. The Morgan fingerprint density at radius 1 is 1.00 bits per heavy atom. The Morgan fingerprint density at radius 2 is 1.62 bits per heavy atom. The van der Waals surface area contributed by atoms with Gasteiger partial charge in [0.05, 0.1) is 6.61 Å². The number of aromatic nitrogens is 4. The van der Waals surface area contributed by atoms with Crippen LogP contribution in [-0.4, -0.2) is 59.4 Å². The van der Waals surface area contributed by atoms with Gasteiger partial charge in [-0.05, 0) is 6.42 Å². The van der Waals surface area contributed by atoms with E-state index >= 15 is 0 Å². The zero-order chi connectivity index (χ0) is 20.5. The van der Waals surface area contributed by atoms with Crippen LogP contribution in [0, 0.1) is 11.3 Å². The fraction of sp³-hybridized carbons (Fsp3) is 0.444. The first-order valence-corrected chi connectivity index (χ1v) is 9.05. The van der Waals surface area contributed by atoms with E-state index in [1.54, 1.807) is 0 Å². The van der Waals surface area contributed by atoms with Gasteiger partial charge in [-0.25, -0.2) is 4.79 Å². The van der Waals surface area contributed by atoms with Gasteiger partial charge in [0.25, 0.3) is 11.8 Å². The molecular formula is C18H19N5O6. The average molecular weight is 401 g/mol. The number of fused-ring (bicyclic) bond motifs is 2. The zero-order valence-electron chi connectivity index (χ0n) is 15.8. The highest BCUT2D eigenvalue weighted by Gasteiger charge is 2.18. The quantitative estimate of drug-likeness (QED) is 0.541. The number of hydrogen-bond acceptors (Lipinski definition) is 11. The summed E-state index contributed by atoms with van der Waals surface area (Å²) in [7, 11) is 0. The molecule has 0 unspecified atom stereocenters. The zero-order valence-corrected chi connectivity index (χ0v) is 15.8. The van der Waals surface area contributed by atoms with Crippen LogP contribution in [0.5, 0.6) is 23.3 Å². The van der Waals surface area contributed by atoms with Gasteiger partial charge < -0.3 is 23.7 Å². The summed E-state index contributed by atoms with van der Waals surface area (Å²) in [6.07, 6.45) is 1.81. The van der Waals surface area contributed by atoms with Crippen molar-refractivity contribution in [2.45, 2.75) is 19.8 Å². The van der Waals surface area contributed by atoms with Crippen LogP contribution in [-0.2, 0) is 4.74 Å². The predicted molar refractivity (Wildman–Crippen MR) is 95.9 cm³/mol. The predicted octanol–water partition coefficient (Wildman–Crippen LogP) is 1.32. The van der Waals surface area contributed by atoms with E-state index in [0.717, 1.165) is 12.8 Å². The smallest absolute Gasteiger partial charge is 0.359 e. The minimum atomic E-state index is -0.483. The normalized spacial score (nSPS) is 13.4. The number of ether oxygens (including phenoxy) is 5. The van der Waals surface area contributed by atoms with Crippen LogP contribution in [0.1, 0.15) is 35.9 Å². The molecular weight excluding hydrogens is 382 g/mol. The number of hydrogen-bond donors (Lipinski definition) is 0. The molecule has 0 atom stereocenters. The van der Waals surface area contributed by atoms with Crippen molar-refractivity contribution in [3.63, 3.8) is 0 Å². The third-order valence-electron chi connectivity index (χ3n) is 3.67. The SMILES string of the molecule is CCCCOC(=O)c1cc2c(nn1)OCCO2.N#Cc1cc2c(nn1)OCCO2. The van der Waals surface area contributed by atoms with E-state index in [4.69, 9.17) is 28.9 Å². The Balaban J connectivity index is 0.000000176. The lowest BCUT2D eigenvalue weighted by atomic mass is 10.3. The molecule has 0 spiro atoms. The van der Waals surface area contributed by atoms with Crippen LogP contribution in [0.15, 0.2) is 12.1 Å². The molecule has 0 radical (unpaired) electrons. The summed E-state index contributed by atoms with van der Waals surface area (Å²) in [5.74, 6) is 1.13. The molecule has 0 saturated carbocycles. The van der Waals surface area contributed by atoms with Crippen molar-refractivity contribution in [3.05, 3.63) is 23.5 Å². The molecule has 11 nitrogen and oxygen atoms in total. The number of rotatable bonds is 4. The van der Waals surface area contributed by atoms with Crippen LogP contribution in [0.3, 0.4) is 0 Å². The molecule has 0 fully saturated rings. The average Bonchev–Trinajstić information content (AvgIpc) is 2.79. The maximum Gasteiger partial charge on any atom is 0.359 e. The Kier molecular flexibility index (Phi) is 6.94. The largest absolute Gasteiger partial charge is 0.484 e. The van der Waals surface area contributed by atoms with E-state index < -0.39 is 5.97 Å². The Labute approximate surface area is 166 Å². The summed E-state index contributed by atoms with van der Waals surface area (Å²) in [4.78, 5) is 11.6. The van der Waals surface area contributed by atoms with Crippen LogP contribution >= 0.6 is 0 Å². The van der Waals surface area contributed by atoms with Crippen LogP contribution < -0.4 is 18.9 Å². The number of esters is 1. The number of carbonyl (C=O) groups excluding carboxylic acids is 1. The van der Waals surface area contributed by atoms with Crippen molar-refractivity contribution < 1.29 is 28.5 Å². The Morgan fingerprint density at radius 3 is 2.28 bits per heavy atom. The van der Waals surface area contributed by atoms with E-state index in [1.807, 2.05) is 13.0 Å². The maximum atomic E-state index is 11.6. The number of nitrogens with zero attached hydrogens (tertiary/aromatic N) is 5. The molecule has 4 heterocycles. The second-order valence-corrected chi connectivity index (χ2v) is 5.79. The molecule has 2 aliphatic heterocycles. The van der Waals surface area contributed by atoms with E-state index in [1.165, 1.54) is 12.1 Å². The lowest BCUT2D eigenvalue weighted by molar-refractivity contribution is 0.0489. The fourth-order valence-corrected chi connectivity index (χ4v) is 2.25. The summed E-state index contributed by atoms with van der Waals surface area (Å²) in [6.45, 7) is 4.28. The van der Waals surface area contributed by atoms with Gasteiger partial charge in [-0.2, -0.15) is 5.26 Å². The van der Waals surface area contributed by atoms with Gasteiger partial charge in [0, 0.05) is 12.1 Å². The van der Waals surface area contributed by atoms with Crippen LogP contribution in [0.25, 0.3) is 0 Å². The highest BCUT2D eigenvalue weighted by molar-refractivity contribution is 5.87. The lowest BCUT2D eigenvalue weighted by Crippen LogP contribution is -2.18. The molecule has 2 aromatic rings. The van der Waals surface area contributed by atoms with E-state index in [9.17, 15) is 4.79 Å². The number of unbranched alkanes of at least 4 members (excludes halogenated alkanes) is 1. The van der Waals surface area contributed by atoms with Gasteiger partial charge in [-0.15, -0.1) is 20.4 Å². The van der Waals surface area contributed by atoms with Gasteiger partial charge in [-0.3, -0.25) is 0 Å². The second-order valence-electron chi connectivity index (χ2n) is 5.79. The molecule has 0 saturated heterocycles. The third-order valence-corrected chi connectivity index (χ3v) is 3.67. The van der Waals surface area contributed by atoms with Crippen LogP contribution in [0.4, 0.5) is 0 Å². The molecule has 29 heavy (non-hydrogen) atoms. The molecule has 0 aromatic carbocycles. The van der Waals surface area contributed by atoms with Crippen molar-refractivity contribution >= 4 is 5.97 Å². The van der Waals surface area contributed by atoms with Gasteiger partial charge in [-0.1, -0.05) is 13.3 Å². The minimum absolute atomic E-state index is 0.144. The molecule has 152 valence electrons. The lowest BCUT2D eigenvalue weighted by Gasteiger charge is -2.16. The molecule has 0 bridgehead atoms. The minimum Gasteiger partial charge on any atom is -0.484 e. The molecule has 0 amide bonds. The van der Waals surface area contributed by atoms with Gasteiger partial charge in [0.1, 0.15) is 32.5 Å². The summed E-state index contributed by atoms with van der Waals surface area (Å²) >= 11 is 0. The molecule has 0 aliphatic carbocycles. The number of nitriles is 1. The van der Waals surface area contributed by atoms with Gasteiger partial charge >= 0.3 is 5.97 Å². The molecule has 4 rings (SSSR count). The summed E-state index contributed by atoms with van der Waals surface area (Å²) in [5.41, 5.74) is 0.379. The molecule has 0 N–H and O–H groups in total. The van der Waals surface area contributed by atoms with Crippen molar-refractivity contribution in [2.75, 3.05) is 33.0 Å². The van der Waals surface area contributed by atoms with Gasteiger partial charge in [0.2, 0.25) is 0 Å². The van der Waals surface area contributed by atoms with E-state index in [2.05, 4.69) is 20.4 Å². The summed E-state index contributed by atoms with van der Waals surface area (Å²) < 4.78 is 25.8. The topological polar surface area (TPSA) is 139 Å². The fourth-order valence-electron chi connectivity index (χ4n) is 2.25. The monoisotopic (exact) mass is 401 g/mol. The van der Waals surface area contributed by atoms with Crippen molar-refractivity contribution in [1.82, 2.24) is 20.4 Å². The van der Waals surface area contributed by atoms with Crippen molar-refractivity contribution in [2.24, 2.45) is 0 Å². The van der Waals surface area contributed by atoms with Crippen LogP contribution in [0.2, 0.25) is 0 Å². The Bertz CT molecular complexity index is 901. The maximum absolute atomic E-state index is 11.6. The van der Waals surface area contributed by atoms with Crippen molar-refractivity contribution in [3.8, 4) is 29.3 Å².